The Morgan fingerprint density at radius 1 is 1.40 bits per heavy atom. The average Bonchev–Trinajstić information content (AvgIpc) is 2.97. The van der Waals surface area contributed by atoms with Gasteiger partial charge in [0, 0.05) is 11.8 Å². The third-order valence-corrected chi connectivity index (χ3v) is 3.92. The van der Waals surface area contributed by atoms with Crippen molar-refractivity contribution in [3.8, 4) is 6.07 Å². The van der Waals surface area contributed by atoms with E-state index < -0.39 is 0 Å². The molecular weight excluding hydrogens is 186 g/mol. The Labute approximate surface area is 92.6 Å². The summed E-state index contributed by atoms with van der Waals surface area (Å²) < 4.78 is 5.98. The van der Waals surface area contributed by atoms with E-state index in [9.17, 15) is 0 Å². The van der Waals surface area contributed by atoms with Crippen LogP contribution in [-0.2, 0) is 4.74 Å². The van der Waals surface area contributed by atoms with E-state index in [1.807, 2.05) is 0 Å². The standard InChI is InChI=1S/C13H21NO/c1-11-3-2-4-12(9-11)15-10-13(5-6-13)7-8-14/h11-12H,2-7,9-10H2,1H3. The highest BCUT2D eigenvalue weighted by Gasteiger charge is 2.43. The lowest BCUT2D eigenvalue weighted by Gasteiger charge is -2.28. The molecule has 15 heavy (non-hydrogen) atoms. The molecule has 2 atom stereocenters. The Hall–Kier alpha value is -0.550. The topological polar surface area (TPSA) is 33.0 Å². The van der Waals surface area contributed by atoms with Crippen LogP contribution in [0.2, 0.25) is 0 Å². The van der Waals surface area contributed by atoms with Gasteiger partial charge in [-0.1, -0.05) is 19.8 Å². The molecule has 0 saturated heterocycles. The van der Waals surface area contributed by atoms with Crippen molar-refractivity contribution < 1.29 is 4.74 Å². The molecular formula is C13H21NO. The van der Waals surface area contributed by atoms with Gasteiger partial charge in [0.1, 0.15) is 0 Å². The normalized spacial score (nSPS) is 33.3. The van der Waals surface area contributed by atoms with Gasteiger partial charge in [-0.05, 0) is 31.6 Å². The van der Waals surface area contributed by atoms with Crippen molar-refractivity contribution in [2.24, 2.45) is 11.3 Å². The van der Waals surface area contributed by atoms with Crippen LogP contribution in [0, 0.1) is 22.7 Å². The molecule has 2 saturated carbocycles. The van der Waals surface area contributed by atoms with Gasteiger partial charge in [-0.3, -0.25) is 0 Å². The first-order valence-corrected chi connectivity index (χ1v) is 6.23. The summed E-state index contributed by atoms with van der Waals surface area (Å²) >= 11 is 0. The van der Waals surface area contributed by atoms with Crippen molar-refractivity contribution in [2.45, 2.75) is 58.0 Å². The summed E-state index contributed by atoms with van der Waals surface area (Å²) in [6, 6.07) is 2.29. The fraction of sp³-hybridized carbons (Fsp3) is 0.923. The summed E-state index contributed by atoms with van der Waals surface area (Å²) in [7, 11) is 0. The fourth-order valence-electron chi connectivity index (χ4n) is 2.54. The Kier molecular flexibility index (Phi) is 3.31. The molecule has 0 aromatic heterocycles. The zero-order valence-corrected chi connectivity index (χ0v) is 9.67. The number of ether oxygens (including phenoxy) is 1. The number of rotatable bonds is 4. The van der Waals surface area contributed by atoms with Gasteiger partial charge in [-0.2, -0.15) is 5.26 Å². The van der Waals surface area contributed by atoms with E-state index >= 15 is 0 Å². The Bertz CT molecular complexity index is 252. The van der Waals surface area contributed by atoms with Gasteiger partial charge in [0.05, 0.1) is 18.8 Å². The Balaban J connectivity index is 1.71. The lowest BCUT2D eigenvalue weighted by Crippen LogP contribution is -2.24. The molecule has 2 unspecified atom stereocenters. The number of nitriles is 1. The summed E-state index contributed by atoms with van der Waals surface area (Å²) in [4.78, 5) is 0. The predicted octanol–water partition coefficient (Wildman–Crippen LogP) is 3.28. The zero-order chi connectivity index (χ0) is 10.7. The summed E-state index contributed by atoms with van der Waals surface area (Å²) in [5.74, 6) is 0.829. The first-order valence-electron chi connectivity index (χ1n) is 6.23. The highest BCUT2D eigenvalue weighted by Crippen LogP contribution is 2.49. The van der Waals surface area contributed by atoms with Crippen molar-refractivity contribution in [1.82, 2.24) is 0 Å². The second kappa shape index (κ2) is 4.53. The monoisotopic (exact) mass is 207 g/mol. The van der Waals surface area contributed by atoms with Gasteiger partial charge in [0.15, 0.2) is 0 Å². The molecule has 0 N–H and O–H groups in total. The van der Waals surface area contributed by atoms with E-state index in [0.29, 0.717) is 12.5 Å². The third kappa shape index (κ3) is 2.95. The second-order valence-electron chi connectivity index (χ2n) is 5.54. The van der Waals surface area contributed by atoms with Crippen LogP contribution in [0.25, 0.3) is 0 Å². The van der Waals surface area contributed by atoms with Crippen molar-refractivity contribution in [3.05, 3.63) is 0 Å². The SMILES string of the molecule is CC1CCCC(OCC2(CC#N)CC2)C1. The molecule has 0 heterocycles. The summed E-state index contributed by atoms with van der Waals surface area (Å²) in [6.45, 7) is 3.15. The van der Waals surface area contributed by atoms with Gasteiger partial charge in [0.2, 0.25) is 0 Å². The van der Waals surface area contributed by atoms with E-state index in [-0.39, 0.29) is 5.41 Å². The molecule has 0 spiro atoms. The van der Waals surface area contributed by atoms with Crippen molar-refractivity contribution >= 4 is 0 Å². The van der Waals surface area contributed by atoms with Crippen LogP contribution in [-0.4, -0.2) is 12.7 Å². The minimum Gasteiger partial charge on any atom is -0.378 e. The lowest BCUT2D eigenvalue weighted by molar-refractivity contribution is -0.00789. The van der Waals surface area contributed by atoms with Gasteiger partial charge in [0.25, 0.3) is 0 Å². The molecule has 2 rings (SSSR count). The third-order valence-electron chi connectivity index (χ3n) is 3.92. The van der Waals surface area contributed by atoms with Crippen molar-refractivity contribution in [2.75, 3.05) is 6.61 Å². The van der Waals surface area contributed by atoms with Crippen molar-refractivity contribution in [3.63, 3.8) is 0 Å². The summed E-state index contributed by atoms with van der Waals surface area (Å²) in [5, 5.41) is 8.72. The highest BCUT2D eigenvalue weighted by molar-refractivity contribution is 4.99. The van der Waals surface area contributed by atoms with Crippen LogP contribution >= 0.6 is 0 Å². The van der Waals surface area contributed by atoms with Crippen LogP contribution in [0.5, 0.6) is 0 Å². The lowest BCUT2D eigenvalue weighted by atomic mass is 9.88. The van der Waals surface area contributed by atoms with Crippen LogP contribution in [0.4, 0.5) is 0 Å². The van der Waals surface area contributed by atoms with Crippen LogP contribution < -0.4 is 0 Å². The van der Waals surface area contributed by atoms with Gasteiger partial charge in [-0.15, -0.1) is 0 Å². The fourth-order valence-corrected chi connectivity index (χ4v) is 2.54. The molecule has 2 nitrogen and oxygen atoms in total. The first-order chi connectivity index (χ1) is 7.24. The maximum Gasteiger partial charge on any atom is 0.0628 e. The van der Waals surface area contributed by atoms with E-state index in [1.54, 1.807) is 0 Å². The zero-order valence-electron chi connectivity index (χ0n) is 9.67. The maximum atomic E-state index is 8.72. The molecule has 0 aliphatic heterocycles. The maximum absolute atomic E-state index is 8.72. The molecule has 84 valence electrons. The first kappa shape index (κ1) is 11.0. The molecule has 0 bridgehead atoms. The molecule has 2 aliphatic carbocycles. The molecule has 0 aromatic rings. The summed E-state index contributed by atoms with van der Waals surface area (Å²) in [5.41, 5.74) is 0.259. The number of hydrogen-bond acceptors (Lipinski definition) is 2. The predicted molar refractivity (Wildman–Crippen MR) is 59.3 cm³/mol. The summed E-state index contributed by atoms with van der Waals surface area (Å²) in [6.07, 6.45) is 8.70. The van der Waals surface area contributed by atoms with E-state index in [0.717, 1.165) is 12.5 Å². The molecule has 0 aromatic carbocycles. The van der Waals surface area contributed by atoms with Crippen LogP contribution in [0.15, 0.2) is 0 Å². The Morgan fingerprint density at radius 2 is 2.20 bits per heavy atom. The van der Waals surface area contributed by atoms with E-state index in [1.165, 1.54) is 38.5 Å². The minimum absolute atomic E-state index is 0.259. The number of nitrogens with zero attached hydrogens (tertiary/aromatic N) is 1. The highest BCUT2D eigenvalue weighted by atomic mass is 16.5. The smallest absolute Gasteiger partial charge is 0.0628 e. The molecule has 0 radical (unpaired) electrons. The second-order valence-corrected chi connectivity index (χ2v) is 5.54. The largest absolute Gasteiger partial charge is 0.378 e. The molecule has 2 fully saturated rings. The van der Waals surface area contributed by atoms with Gasteiger partial charge < -0.3 is 4.74 Å². The van der Waals surface area contributed by atoms with E-state index in [4.69, 9.17) is 10.00 Å². The molecule has 0 amide bonds. The number of hydrogen-bond donors (Lipinski definition) is 0. The van der Waals surface area contributed by atoms with Gasteiger partial charge >= 0.3 is 0 Å². The average molecular weight is 207 g/mol. The van der Waals surface area contributed by atoms with Crippen LogP contribution in [0.3, 0.4) is 0 Å². The Morgan fingerprint density at radius 3 is 2.80 bits per heavy atom. The van der Waals surface area contributed by atoms with Gasteiger partial charge in [-0.25, -0.2) is 0 Å². The molecule has 2 heteroatoms. The molecule has 2 aliphatic rings. The van der Waals surface area contributed by atoms with Crippen molar-refractivity contribution in [1.29, 1.82) is 5.26 Å². The van der Waals surface area contributed by atoms with Crippen LogP contribution in [0.1, 0.15) is 51.9 Å². The quantitative estimate of drug-likeness (QED) is 0.708. The van der Waals surface area contributed by atoms with E-state index in [2.05, 4.69) is 13.0 Å². The minimum atomic E-state index is 0.259.